The summed E-state index contributed by atoms with van der Waals surface area (Å²) in [6.45, 7) is 8.17. The van der Waals surface area contributed by atoms with Gasteiger partial charge in [0.05, 0.1) is 56.8 Å². The third-order valence-corrected chi connectivity index (χ3v) is 15.7. The second kappa shape index (κ2) is 24.6. The molecule has 2 amide bonds. The van der Waals surface area contributed by atoms with E-state index in [1.165, 1.54) is 47.7 Å². The quantitative estimate of drug-likeness (QED) is 0.0962. The maximum absolute atomic E-state index is 13.6. The molecule has 6 aromatic carbocycles. The molecule has 3 aliphatic heterocycles. The summed E-state index contributed by atoms with van der Waals surface area (Å²) >= 11 is 0. The zero-order valence-electron chi connectivity index (χ0n) is 46.3. The fourth-order valence-electron chi connectivity index (χ4n) is 11.5. The average molecular weight is 1110 g/mol. The van der Waals surface area contributed by atoms with E-state index in [9.17, 15) is 29.0 Å². The highest BCUT2D eigenvalue weighted by atomic mass is 19.1. The van der Waals surface area contributed by atoms with E-state index < -0.39 is 5.82 Å². The normalized spacial score (nSPS) is 18.5. The van der Waals surface area contributed by atoms with Gasteiger partial charge in [-0.05, 0) is 126 Å². The Bertz CT molecular complexity index is 3660. The van der Waals surface area contributed by atoms with E-state index in [0.29, 0.717) is 36.6 Å². The number of aromatic nitrogens is 4. The molecule has 5 unspecified atom stereocenters. The lowest BCUT2D eigenvalue weighted by atomic mass is 9.72. The molecule has 424 valence electrons. The SMILES string of the molecule is C.CCc1ccc(N2N=CC3C(c4ccc(OC)c(C)c4)CC(=O)CC32)cc1.CCc1ccccc1-n1ncc2c1NC(=O)CC2c1ccc(O)c(C)c1.COc1cc(C2CC(=O)Nc3c2cnn3-c2cccc(F)c2)cc(OC)c1O. The van der Waals surface area contributed by atoms with Crippen molar-refractivity contribution in [2.24, 2.45) is 11.0 Å². The Hall–Kier alpha value is -9.25. The lowest BCUT2D eigenvalue weighted by Crippen LogP contribution is -2.41. The van der Waals surface area contributed by atoms with E-state index in [4.69, 9.17) is 19.3 Å². The predicted octanol–water partition coefficient (Wildman–Crippen LogP) is 12.3. The van der Waals surface area contributed by atoms with Crippen LogP contribution in [-0.4, -0.2) is 81.0 Å². The maximum Gasteiger partial charge on any atom is 0.226 e. The minimum Gasteiger partial charge on any atom is -0.508 e. The summed E-state index contributed by atoms with van der Waals surface area (Å²) in [5, 5.41) is 41.5. The van der Waals surface area contributed by atoms with Gasteiger partial charge in [0.2, 0.25) is 17.6 Å². The van der Waals surface area contributed by atoms with Gasteiger partial charge in [-0.1, -0.05) is 81.9 Å². The largest absolute Gasteiger partial charge is 0.508 e. The molecule has 4 N–H and O–H groups in total. The molecular weight excluding hydrogens is 1040 g/mol. The molecule has 0 spiro atoms. The fourth-order valence-corrected chi connectivity index (χ4v) is 11.5. The molecule has 5 atom stereocenters. The summed E-state index contributed by atoms with van der Waals surface area (Å²) < 4.78 is 32.8. The Balaban J connectivity index is 0.000000147. The van der Waals surface area contributed by atoms with E-state index >= 15 is 0 Å². The van der Waals surface area contributed by atoms with E-state index in [0.717, 1.165) is 69.2 Å². The number of phenols is 2. The van der Waals surface area contributed by atoms with Crippen LogP contribution < -0.4 is 29.9 Å². The highest BCUT2D eigenvalue weighted by Crippen LogP contribution is 2.46. The van der Waals surface area contributed by atoms with Crippen LogP contribution in [0.4, 0.5) is 21.7 Å². The van der Waals surface area contributed by atoms with Crippen molar-refractivity contribution in [3.05, 3.63) is 190 Å². The van der Waals surface area contributed by atoms with Crippen molar-refractivity contribution in [1.29, 1.82) is 0 Å². The Morgan fingerprint density at radius 1 is 0.622 bits per heavy atom. The van der Waals surface area contributed by atoms with Gasteiger partial charge in [-0.3, -0.25) is 19.4 Å². The van der Waals surface area contributed by atoms with Crippen LogP contribution in [0.3, 0.4) is 0 Å². The van der Waals surface area contributed by atoms with E-state index in [1.54, 1.807) is 43.6 Å². The number of benzene rings is 6. The molecule has 16 nitrogen and oxygen atoms in total. The van der Waals surface area contributed by atoms with Gasteiger partial charge in [0.1, 0.15) is 34.7 Å². The number of rotatable bonds is 11. The zero-order valence-corrected chi connectivity index (χ0v) is 46.3. The minimum atomic E-state index is -0.395. The third kappa shape index (κ3) is 11.5. The molecule has 12 rings (SSSR count). The number of carbonyl (C=O) groups is 3. The topological polar surface area (TPSA) is 195 Å². The highest BCUT2D eigenvalue weighted by molar-refractivity contribution is 5.95. The molecular formula is C65H69FN8O8. The van der Waals surface area contributed by atoms with Crippen LogP contribution in [0, 0.1) is 25.6 Å². The molecule has 5 heterocycles. The number of nitrogens with zero attached hydrogens (tertiary/aromatic N) is 6. The number of fused-ring (bicyclic) bond motifs is 3. The lowest BCUT2D eigenvalue weighted by molar-refractivity contribution is -0.121. The first kappa shape index (κ1) is 57.4. The van der Waals surface area contributed by atoms with Gasteiger partial charge in [-0.2, -0.15) is 15.3 Å². The number of hydrogen-bond acceptors (Lipinski definition) is 12. The van der Waals surface area contributed by atoms with Crippen molar-refractivity contribution in [2.45, 2.75) is 97.4 Å². The number of hydrogen-bond donors (Lipinski definition) is 4. The molecule has 2 aromatic heterocycles. The predicted molar refractivity (Wildman–Crippen MR) is 316 cm³/mol. The Labute approximate surface area is 477 Å². The second-order valence-corrected chi connectivity index (χ2v) is 20.7. The van der Waals surface area contributed by atoms with Gasteiger partial charge in [-0.15, -0.1) is 0 Å². The van der Waals surface area contributed by atoms with Crippen molar-refractivity contribution in [1.82, 2.24) is 19.6 Å². The number of phenolic OH excluding ortho intramolecular Hbond substituents is 2. The number of carbonyl (C=O) groups excluding carboxylic acids is 3. The molecule has 0 saturated heterocycles. The lowest BCUT2D eigenvalue weighted by Gasteiger charge is -2.36. The number of aromatic hydroxyl groups is 2. The van der Waals surface area contributed by atoms with Gasteiger partial charge in [-0.25, -0.2) is 13.8 Å². The Morgan fingerprint density at radius 3 is 1.87 bits per heavy atom. The number of methoxy groups -OCH3 is 3. The molecule has 0 radical (unpaired) electrons. The molecule has 17 heteroatoms. The van der Waals surface area contributed by atoms with Crippen LogP contribution in [0.1, 0.15) is 115 Å². The van der Waals surface area contributed by atoms with Crippen molar-refractivity contribution < 1.29 is 43.2 Å². The first-order valence-electron chi connectivity index (χ1n) is 27.1. The molecule has 82 heavy (non-hydrogen) atoms. The summed E-state index contributed by atoms with van der Waals surface area (Å²) in [6.07, 6.45) is 9.16. The maximum atomic E-state index is 13.6. The van der Waals surface area contributed by atoms with E-state index in [2.05, 4.69) is 90.3 Å². The Morgan fingerprint density at radius 2 is 1.24 bits per heavy atom. The molecule has 8 aromatic rings. The number of para-hydroxylation sites is 1. The van der Waals surface area contributed by atoms with E-state index in [-0.39, 0.29) is 78.4 Å². The number of anilines is 3. The third-order valence-electron chi connectivity index (χ3n) is 15.7. The summed E-state index contributed by atoms with van der Waals surface area (Å²) in [6, 6.07) is 37.8. The average Bonchev–Trinajstić information content (AvgIpc) is 4.44. The second-order valence-electron chi connectivity index (χ2n) is 20.7. The summed E-state index contributed by atoms with van der Waals surface area (Å²) in [5.41, 5.74) is 11.7. The van der Waals surface area contributed by atoms with Crippen LogP contribution in [0.15, 0.2) is 139 Å². The zero-order chi connectivity index (χ0) is 57.1. The van der Waals surface area contributed by atoms with Crippen molar-refractivity contribution >= 4 is 41.1 Å². The number of amides is 2. The summed E-state index contributed by atoms with van der Waals surface area (Å²) in [7, 11) is 4.58. The van der Waals surface area contributed by atoms with Crippen molar-refractivity contribution in [3.8, 4) is 40.1 Å². The van der Waals surface area contributed by atoms with Gasteiger partial charge >= 0.3 is 0 Å². The van der Waals surface area contributed by atoms with Crippen LogP contribution in [0.25, 0.3) is 11.4 Å². The number of aryl methyl sites for hydroxylation is 4. The highest BCUT2D eigenvalue weighted by Gasteiger charge is 2.44. The molecule has 1 saturated carbocycles. The summed E-state index contributed by atoms with van der Waals surface area (Å²) in [4.78, 5) is 37.4. The number of hydrazone groups is 1. The molecule has 4 aliphatic rings. The van der Waals surface area contributed by atoms with E-state index in [1.807, 2.05) is 59.2 Å². The fraction of sp³-hybridized carbons (Fsp3) is 0.292. The van der Waals surface area contributed by atoms with Crippen LogP contribution in [-0.2, 0) is 27.2 Å². The number of ketones is 1. The summed E-state index contributed by atoms with van der Waals surface area (Å²) in [5.74, 6) is 2.49. The number of nitrogens with one attached hydrogen (secondary N) is 2. The van der Waals surface area contributed by atoms with Gasteiger partial charge in [0.25, 0.3) is 0 Å². The van der Waals surface area contributed by atoms with Gasteiger partial charge in [0, 0.05) is 66.7 Å². The van der Waals surface area contributed by atoms with Crippen LogP contribution in [0.5, 0.6) is 28.7 Å². The molecule has 1 fully saturated rings. The number of halogens is 1. The number of ether oxygens (including phenoxy) is 3. The first-order chi connectivity index (χ1) is 39.2. The van der Waals surface area contributed by atoms with Crippen LogP contribution in [0.2, 0.25) is 0 Å². The molecule has 0 bridgehead atoms. The standard InChI is InChI=1S/C23H26N2O2.C21H21N3O2.C20H18FN3O4.CH4/c1-4-16-5-8-18(9-6-16)25-22-13-19(26)12-20(21(22)14-24-25)17-7-10-23(27-3)15(2)11-17;1-3-14-6-4-5-7-18(14)24-21-17(12-22-24)16(11-20(26)23-21)15-8-9-19(25)13(2)10-15;1-27-16-6-11(7-17(28-2)19(16)26)14-9-18(25)23-20-15(14)10-22-24(20)13-5-3-4-12(21)8-13;/h5-11,14,20-22H,4,12-13H2,1-3H3;4-10,12,16,25H,3,11H2,1-2H3,(H,23,26);3-8,10,14,26H,9H2,1-2H3,(H,23,25);1H4. The minimum absolute atomic E-state index is 0. The monoisotopic (exact) mass is 1110 g/mol. The van der Waals surface area contributed by atoms with Crippen molar-refractivity contribution in [2.75, 3.05) is 37.0 Å². The van der Waals surface area contributed by atoms with Gasteiger partial charge in [0.15, 0.2) is 11.5 Å². The Kier molecular flexibility index (Phi) is 17.3. The number of Topliss-reactive ketones (excluding diaryl/α,β-unsaturated/α-hetero) is 1. The van der Waals surface area contributed by atoms with Gasteiger partial charge < -0.3 is 35.1 Å². The molecule has 1 aliphatic carbocycles. The first-order valence-corrected chi connectivity index (χ1v) is 27.1. The smallest absolute Gasteiger partial charge is 0.226 e. The van der Waals surface area contributed by atoms with Crippen LogP contribution >= 0.6 is 0 Å². The van der Waals surface area contributed by atoms with Crippen molar-refractivity contribution in [3.63, 3.8) is 0 Å².